The standard InChI is InChI=1S/C13H21NO8/c1-7(16)19-6-10-12(20-8(2)17)11(9(5-15)21-10)22-13(18)14(3)4/h9-12,15H,5-6H2,1-4H3/t9-,10?,11+,12+/m1/s1. The van der Waals surface area contributed by atoms with Crippen molar-refractivity contribution in [1.82, 2.24) is 4.90 Å². The van der Waals surface area contributed by atoms with E-state index in [1.165, 1.54) is 32.8 Å². The number of hydrogen-bond donors (Lipinski definition) is 1. The Bertz CT molecular complexity index is 424. The molecule has 1 fully saturated rings. The third-order valence-corrected chi connectivity index (χ3v) is 2.94. The fourth-order valence-corrected chi connectivity index (χ4v) is 1.98. The maximum absolute atomic E-state index is 11.7. The first kappa shape index (κ1) is 18.2. The van der Waals surface area contributed by atoms with Crippen LogP contribution >= 0.6 is 0 Å². The Morgan fingerprint density at radius 1 is 1.05 bits per heavy atom. The number of ether oxygens (including phenoxy) is 4. The van der Waals surface area contributed by atoms with Crippen molar-refractivity contribution in [3.8, 4) is 0 Å². The Balaban J connectivity index is 2.89. The molecule has 126 valence electrons. The molecule has 1 rings (SSSR count). The summed E-state index contributed by atoms with van der Waals surface area (Å²) < 4.78 is 20.6. The molecule has 1 heterocycles. The molecule has 1 saturated heterocycles. The van der Waals surface area contributed by atoms with Crippen molar-refractivity contribution in [1.29, 1.82) is 0 Å². The van der Waals surface area contributed by atoms with Gasteiger partial charge in [-0.3, -0.25) is 9.59 Å². The summed E-state index contributed by atoms with van der Waals surface area (Å²) in [5.41, 5.74) is 0. The van der Waals surface area contributed by atoms with Gasteiger partial charge >= 0.3 is 18.0 Å². The van der Waals surface area contributed by atoms with Gasteiger partial charge in [0.1, 0.15) is 18.8 Å². The second kappa shape index (κ2) is 7.95. The van der Waals surface area contributed by atoms with Crippen LogP contribution in [0.1, 0.15) is 13.8 Å². The molecular weight excluding hydrogens is 298 g/mol. The molecule has 0 aromatic carbocycles. The van der Waals surface area contributed by atoms with Gasteiger partial charge in [-0.15, -0.1) is 0 Å². The molecule has 1 N–H and O–H groups in total. The fourth-order valence-electron chi connectivity index (χ4n) is 1.98. The highest BCUT2D eigenvalue weighted by Crippen LogP contribution is 2.27. The number of hydrogen-bond acceptors (Lipinski definition) is 8. The van der Waals surface area contributed by atoms with Crippen LogP contribution in [-0.4, -0.2) is 79.8 Å². The fraction of sp³-hybridized carbons (Fsp3) is 0.769. The maximum Gasteiger partial charge on any atom is 0.409 e. The predicted molar refractivity (Wildman–Crippen MR) is 71.9 cm³/mol. The summed E-state index contributed by atoms with van der Waals surface area (Å²) in [5, 5.41) is 9.36. The van der Waals surface area contributed by atoms with Crippen LogP contribution in [0.2, 0.25) is 0 Å². The zero-order valence-electron chi connectivity index (χ0n) is 13.0. The lowest BCUT2D eigenvalue weighted by Gasteiger charge is -2.24. The molecule has 1 aliphatic rings. The lowest BCUT2D eigenvalue weighted by molar-refractivity contribution is -0.157. The lowest BCUT2D eigenvalue weighted by atomic mass is 10.1. The Labute approximate surface area is 128 Å². The molecular formula is C13H21NO8. The predicted octanol–water partition coefficient (Wildman–Crippen LogP) is -0.692. The Morgan fingerprint density at radius 3 is 2.09 bits per heavy atom. The molecule has 0 saturated carbocycles. The molecule has 0 bridgehead atoms. The largest absolute Gasteiger partial charge is 0.463 e. The minimum absolute atomic E-state index is 0.181. The van der Waals surface area contributed by atoms with Gasteiger partial charge < -0.3 is 29.0 Å². The summed E-state index contributed by atoms with van der Waals surface area (Å²) in [7, 11) is 2.98. The van der Waals surface area contributed by atoms with E-state index in [1.54, 1.807) is 0 Å². The van der Waals surface area contributed by atoms with Gasteiger partial charge in [0.25, 0.3) is 0 Å². The summed E-state index contributed by atoms with van der Waals surface area (Å²) in [6, 6.07) is 0. The zero-order chi connectivity index (χ0) is 16.9. The van der Waals surface area contributed by atoms with Crippen LogP contribution in [0.5, 0.6) is 0 Å². The van der Waals surface area contributed by atoms with E-state index in [0.717, 1.165) is 0 Å². The quantitative estimate of drug-likeness (QED) is 0.523. The zero-order valence-corrected chi connectivity index (χ0v) is 13.0. The first-order valence-corrected chi connectivity index (χ1v) is 6.71. The monoisotopic (exact) mass is 319 g/mol. The minimum atomic E-state index is -0.996. The summed E-state index contributed by atoms with van der Waals surface area (Å²) in [5.74, 6) is -1.13. The Morgan fingerprint density at radius 2 is 1.64 bits per heavy atom. The van der Waals surface area contributed by atoms with Crippen molar-refractivity contribution in [2.24, 2.45) is 0 Å². The lowest BCUT2D eigenvalue weighted by Crippen LogP contribution is -2.43. The first-order valence-electron chi connectivity index (χ1n) is 6.71. The van der Waals surface area contributed by atoms with Crippen molar-refractivity contribution < 1.29 is 38.4 Å². The van der Waals surface area contributed by atoms with Crippen LogP contribution in [0, 0.1) is 0 Å². The minimum Gasteiger partial charge on any atom is -0.463 e. The average molecular weight is 319 g/mol. The summed E-state index contributed by atoms with van der Waals surface area (Å²) in [4.78, 5) is 35.0. The number of aliphatic hydroxyl groups excluding tert-OH is 1. The van der Waals surface area contributed by atoms with Gasteiger partial charge in [0.05, 0.1) is 6.61 Å². The van der Waals surface area contributed by atoms with Gasteiger partial charge in [0, 0.05) is 27.9 Å². The van der Waals surface area contributed by atoms with E-state index < -0.39 is 49.1 Å². The van der Waals surface area contributed by atoms with Crippen LogP contribution < -0.4 is 0 Å². The highest BCUT2D eigenvalue weighted by atomic mass is 16.7. The molecule has 9 heteroatoms. The molecule has 0 spiro atoms. The number of carbonyl (C=O) groups is 3. The smallest absolute Gasteiger partial charge is 0.409 e. The van der Waals surface area contributed by atoms with Crippen molar-refractivity contribution >= 4 is 18.0 Å². The van der Waals surface area contributed by atoms with E-state index in [2.05, 4.69) is 0 Å². The summed E-state index contributed by atoms with van der Waals surface area (Å²) in [6.07, 6.45) is -4.35. The van der Waals surface area contributed by atoms with E-state index in [-0.39, 0.29) is 6.61 Å². The van der Waals surface area contributed by atoms with Crippen LogP contribution in [0.3, 0.4) is 0 Å². The second-order valence-electron chi connectivity index (χ2n) is 5.01. The number of esters is 2. The van der Waals surface area contributed by atoms with Gasteiger partial charge in [0.2, 0.25) is 0 Å². The third-order valence-electron chi connectivity index (χ3n) is 2.94. The molecule has 9 nitrogen and oxygen atoms in total. The molecule has 22 heavy (non-hydrogen) atoms. The van der Waals surface area contributed by atoms with Gasteiger partial charge in [-0.25, -0.2) is 4.79 Å². The second-order valence-corrected chi connectivity index (χ2v) is 5.01. The SMILES string of the molecule is CC(=O)OCC1O[C@H](CO)[C@H](OC(=O)N(C)C)[C@H]1OC(C)=O. The topological polar surface area (TPSA) is 112 Å². The molecule has 0 aromatic heterocycles. The van der Waals surface area contributed by atoms with Crippen molar-refractivity contribution in [3.05, 3.63) is 0 Å². The summed E-state index contributed by atoms with van der Waals surface area (Å²) >= 11 is 0. The number of nitrogens with zero attached hydrogens (tertiary/aromatic N) is 1. The summed E-state index contributed by atoms with van der Waals surface area (Å²) in [6.45, 7) is 1.79. The van der Waals surface area contributed by atoms with Gasteiger partial charge in [-0.05, 0) is 0 Å². The number of carbonyl (C=O) groups excluding carboxylic acids is 3. The maximum atomic E-state index is 11.7. The number of aliphatic hydroxyl groups is 1. The molecule has 0 aromatic rings. The molecule has 4 atom stereocenters. The average Bonchev–Trinajstić information content (AvgIpc) is 2.73. The van der Waals surface area contributed by atoms with E-state index in [4.69, 9.17) is 18.9 Å². The van der Waals surface area contributed by atoms with E-state index in [1.807, 2.05) is 0 Å². The van der Waals surface area contributed by atoms with Gasteiger partial charge in [0.15, 0.2) is 12.2 Å². The highest BCUT2D eigenvalue weighted by molar-refractivity contribution is 5.68. The van der Waals surface area contributed by atoms with E-state index in [9.17, 15) is 19.5 Å². The highest BCUT2D eigenvalue weighted by Gasteiger charge is 2.49. The van der Waals surface area contributed by atoms with Crippen molar-refractivity contribution in [2.75, 3.05) is 27.3 Å². The number of amides is 1. The normalized spacial score (nSPS) is 27.1. The van der Waals surface area contributed by atoms with Gasteiger partial charge in [-0.1, -0.05) is 0 Å². The van der Waals surface area contributed by atoms with Crippen LogP contribution in [-0.2, 0) is 28.5 Å². The van der Waals surface area contributed by atoms with Gasteiger partial charge in [-0.2, -0.15) is 0 Å². The molecule has 0 aliphatic carbocycles. The number of rotatable bonds is 5. The van der Waals surface area contributed by atoms with E-state index >= 15 is 0 Å². The molecule has 1 aliphatic heterocycles. The third kappa shape index (κ3) is 4.85. The molecule has 1 amide bonds. The first-order chi connectivity index (χ1) is 10.3. The van der Waals surface area contributed by atoms with Crippen molar-refractivity contribution in [2.45, 2.75) is 38.3 Å². The Hall–Kier alpha value is -1.87. The van der Waals surface area contributed by atoms with E-state index in [0.29, 0.717) is 0 Å². The van der Waals surface area contributed by atoms with Crippen LogP contribution in [0.4, 0.5) is 4.79 Å². The molecule has 0 radical (unpaired) electrons. The van der Waals surface area contributed by atoms with Crippen LogP contribution in [0.25, 0.3) is 0 Å². The molecule has 1 unspecified atom stereocenters. The van der Waals surface area contributed by atoms with Crippen LogP contribution in [0.15, 0.2) is 0 Å². The van der Waals surface area contributed by atoms with Crippen molar-refractivity contribution in [3.63, 3.8) is 0 Å². The Kier molecular flexibility index (Phi) is 6.57.